The molecule has 1 aromatic rings. The molecule has 0 saturated carbocycles. The van der Waals surface area contributed by atoms with Crippen LogP contribution in [0.5, 0.6) is 0 Å². The second kappa shape index (κ2) is 5.86. The smallest absolute Gasteiger partial charge is 0.244 e. The monoisotopic (exact) mass is 274 g/mol. The number of aliphatic hydroxyl groups excluding tert-OH is 1. The molecule has 0 aliphatic heterocycles. The van der Waals surface area contributed by atoms with Gasteiger partial charge in [0.2, 0.25) is 10.0 Å². The van der Waals surface area contributed by atoms with Crippen molar-refractivity contribution in [2.75, 3.05) is 7.05 Å². The van der Waals surface area contributed by atoms with Crippen LogP contribution in [0.25, 0.3) is 0 Å². The maximum atomic E-state index is 12.4. The van der Waals surface area contributed by atoms with E-state index in [4.69, 9.17) is 5.11 Å². The van der Waals surface area contributed by atoms with E-state index >= 15 is 0 Å². The molecule has 0 atom stereocenters. The van der Waals surface area contributed by atoms with Crippen molar-refractivity contribution in [3.05, 3.63) is 18.0 Å². The molecule has 0 spiro atoms. The fourth-order valence-electron chi connectivity index (χ4n) is 2.04. The van der Waals surface area contributed by atoms with Crippen LogP contribution in [0.15, 0.2) is 17.2 Å². The summed E-state index contributed by atoms with van der Waals surface area (Å²) in [7, 11) is -0.139. The standard InChI is InChI=1S/C12H22N2O3S/c1-5-10(6-2)14(4)18(16,17)12-7-11(9-15)13(3)8-12/h7-8,10,15H,5-6,9H2,1-4H3. The lowest BCUT2D eigenvalue weighted by atomic mass is 10.2. The first kappa shape index (κ1) is 15.2. The molecule has 0 amide bonds. The van der Waals surface area contributed by atoms with Crippen molar-refractivity contribution in [2.45, 2.75) is 44.2 Å². The van der Waals surface area contributed by atoms with Crippen molar-refractivity contribution < 1.29 is 13.5 Å². The van der Waals surface area contributed by atoms with Gasteiger partial charge in [-0.1, -0.05) is 13.8 Å². The number of sulfonamides is 1. The topological polar surface area (TPSA) is 62.5 Å². The summed E-state index contributed by atoms with van der Waals surface area (Å²) in [5.74, 6) is 0. The van der Waals surface area contributed by atoms with E-state index < -0.39 is 10.0 Å². The van der Waals surface area contributed by atoms with Crippen LogP contribution in [-0.4, -0.2) is 35.5 Å². The zero-order valence-corrected chi connectivity index (χ0v) is 12.2. The normalized spacial score (nSPS) is 12.6. The van der Waals surface area contributed by atoms with Crippen LogP contribution in [0.1, 0.15) is 32.4 Å². The van der Waals surface area contributed by atoms with Crippen LogP contribution in [0.3, 0.4) is 0 Å². The Balaban J connectivity index is 3.12. The molecule has 104 valence electrons. The number of aromatic nitrogens is 1. The van der Waals surface area contributed by atoms with Gasteiger partial charge in [-0.3, -0.25) is 0 Å². The maximum absolute atomic E-state index is 12.4. The van der Waals surface area contributed by atoms with Gasteiger partial charge >= 0.3 is 0 Å². The molecule has 5 nitrogen and oxygen atoms in total. The number of nitrogens with zero attached hydrogens (tertiary/aromatic N) is 2. The lowest BCUT2D eigenvalue weighted by Crippen LogP contribution is -2.36. The van der Waals surface area contributed by atoms with Gasteiger partial charge < -0.3 is 9.67 Å². The molecule has 1 heterocycles. The summed E-state index contributed by atoms with van der Waals surface area (Å²) in [5, 5.41) is 9.11. The van der Waals surface area contributed by atoms with Crippen molar-refractivity contribution in [3.63, 3.8) is 0 Å². The first-order valence-corrected chi connectivity index (χ1v) is 7.56. The summed E-state index contributed by atoms with van der Waals surface area (Å²) in [4.78, 5) is 0.239. The fraction of sp³-hybridized carbons (Fsp3) is 0.667. The average molecular weight is 274 g/mol. The van der Waals surface area contributed by atoms with Crippen molar-refractivity contribution in [2.24, 2.45) is 7.05 Å². The Morgan fingerprint density at radius 3 is 2.33 bits per heavy atom. The first-order valence-electron chi connectivity index (χ1n) is 6.12. The van der Waals surface area contributed by atoms with E-state index in [1.165, 1.54) is 10.4 Å². The van der Waals surface area contributed by atoms with Gasteiger partial charge in [0, 0.05) is 32.0 Å². The van der Waals surface area contributed by atoms with Crippen LogP contribution in [0.4, 0.5) is 0 Å². The molecule has 0 bridgehead atoms. The molecule has 18 heavy (non-hydrogen) atoms. The summed E-state index contributed by atoms with van der Waals surface area (Å²) < 4.78 is 27.9. The molecule has 0 radical (unpaired) electrons. The molecule has 0 fully saturated rings. The summed E-state index contributed by atoms with van der Waals surface area (Å²) in [5.41, 5.74) is 0.589. The zero-order chi connectivity index (χ0) is 13.9. The highest BCUT2D eigenvalue weighted by atomic mass is 32.2. The van der Waals surface area contributed by atoms with Crippen LogP contribution >= 0.6 is 0 Å². The Labute approximate surface area is 109 Å². The van der Waals surface area contributed by atoms with Gasteiger partial charge in [0.15, 0.2) is 0 Å². The van der Waals surface area contributed by atoms with E-state index in [0.29, 0.717) is 5.69 Å². The Kier molecular flexibility index (Phi) is 4.95. The van der Waals surface area contributed by atoms with Crippen molar-refractivity contribution in [1.82, 2.24) is 8.87 Å². The zero-order valence-electron chi connectivity index (χ0n) is 11.4. The Morgan fingerprint density at radius 1 is 1.39 bits per heavy atom. The Bertz CT molecular complexity index is 489. The highest BCUT2D eigenvalue weighted by molar-refractivity contribution is 7.89. The van der Waals surface area contributed by atoms with E-state index in [1.807, 2.05) is 13.8 Å². The third-order valence-electron chi connectivity index (χ3n) is 3.38. The molecule has 1 rings (SSSR count). The molecular formula is C12H22N2O3S. The minimum atomic E-state index is -3.47. The van der Waals surface area contributed by atoms with Crippen molar-refractivity contribution >= 4 is 10.0 Å². The van der Waals surface area contributed by atoms with Gasteiger partial charge in [-0.25, -0.2) is 8.42 Å². The third kappa shape index (κ3) is 2.76. The van der Waals surface area contributed by atoms with Crippen LogP contribution < -0.4 is 0 Å². The fourth-order valence-corrected chi connectivity index (χ4v) is 3.64. The predicted octanol–water partition coefficient (Wildman–Crippen LogP) is 1.33. The SMILES string of the molecule is CCC(CC)N(C)S(=O)(=O)c1cc(CO)n(C)c1. The van der Waals surface area contributed by atoms with Gasteiger partial charge in [-0.2, -0.15) is 4.31 Å². The molecule has 0 unspecified atom stereocenters. The number of rotatable bonds is 6. The molecule has 0 saturated heterocycles. The summed E-state index contributed by atoms with van der Waals surface area (Å²) in [6, 6.07) is 1.53. The highest BCUT2D eigenvalue weighted by Crippen LogP contribution is 2.21. The first-order chi connectivity index (χ1) is 8.38. The van der Waals surface area contributed by atoms with E-state index in [9.17, 15) is 8.42 Å². The summed E-state index contributed by atoms with van der Waals surface area (Å²) >= 11 is 0. The summed E-state index contributed by atoms with van der Waals surface area (Å²) in [6.07, 6.45) is 3.11. The van der Waals surface area contributed by atoms with Gasteiger partial charge in [-0.15, -0.1) is 0 Å². The van der Waals surface area contributed by atoms with Crippen LogP contribution in [0, 0.1) is 0 Å². The van der Waals surface area contributed by atoms with Crippen LogP contribution in [-0.2, 0) is 23.7 Å². The van der Waals surface area contributed by atoms with Crippen LogP contribution in [0.2, 0.25) is 0 Å². The van der Waals surface area contributed by atoms with E-state index in [0.717, 1.165) is 12.8 Å². The third-order valence-corrected chi connectivity index (χ3v) is 5.25. The second-order valence-corrected chi connectivity index (χ2v) is 6.43. The molecule has 1 N–H and O–H groups in total. The number of aryl methyl sites for hydroxylation is 1. The van der Waals surface area contributed by atoms with E-state index in [1.54, 1.807) is 24.9 Å². The second-order valence-electron chi connectivity index (χ2n) is 4.43. The van der Waals surface area contributed by atoms with Gasteiger partial charge in [0.1, 0.15) is 4.90 Å². The number of hydrogen-bond donors (Lipinski definition) is 1. The number of hydrogen-bond acceptors (Lipinski definition) is 3. The number of aliphatic hydroxyl groups is 1. The van der Waals surface area contributed by atoms with Gasteiger partial charge in [0.25, 0.3) is 0 Å². The summed E-state index contributed by atoms with van der Waals surface area (Å²) in [6.45, 7) is 3.79. The van der Waals surface area contributed by atoms with E-state index in [-0.39, 0.29) is 17.5 Å². The maximum Gasteiger partial charge on any atom is 0.244 e. The largest absolute Gasteiger partial charge is 0.390 e. The lowest BCUT2D eigenvalue weighted by molar-refractivity contribution is 0.272. The van der Waals surface area contributed by atoms with Crippen molar-refractivity contribution in [1.29, 1.82) is 0 Å². The highest BCUT2D eigenvalue weighted by Gasteiger charge is 2.27. The molecule has 6 heteroatoms. The Hall–Kier alpha value is -0.850. The molecule has 0 aliphatic carbocycles. The average Bonchev–Trinajstić information content (AvgIpc) is 2.72. The minimum absolute atomic E-state index is 0.00721. The predicted molar refractivity (Wildman–Crippen MR) is 70.7 cm³/mol. The molecule has 0 aromatic carbocycles. The minimum Gasteiger partial charge on any atom is -0.390 e. The lowest BCUT2D eigenvalue weighted by Gasteiger charge is -2.24. The Morgan fingerprint density at radius 2 is 1.94 bits per heavy atom. The molecular weight excluding hydrogens is 252 g/mol. The molecule has 1 aromatic heterocycles. The van der Waals surface area contributed by atoms with Crippen molar-refractivity contribution in [3.8, 4) is 0 Å². The van der Waals surface area contributed by atoms with Gasteiger partial charge in [-0.05, 0) is 18.9 Å². The molecule has 0 aliphatic rings. The van der Waals surface area contributed by atoms with Gasteiger partial charge in [0.05, 0.1) is 6.61 Å². The van der Waals surface area contributed by atoms with E-state index in [2.05, 4.69) is 0 Å². The quantitative estimate of drug-likeness (QED) is 0.851.